The minimum Gasteiger partial charge on any atom is -0.213 e. The van der Waals surface area contributed by atoms with Gasteiger partial charge in [-0.1, -0.05) is 23.2 Å². The molecule has 0 bridgehead atoms. The number of rotatable bonds is 5. The summed E-state index contributed by atoms with van der Waals surface area (Å²) in [5, 5.41) is -24.4. The van der Waals surface area contributed by atoms with Crippen LogP contribution in [0.1, 0.15) is 0 Å². The monoisotopic (exact) mass is 434 g/mol. The summed E-state index contributed by atoms with van der Waals surface area (Å²) >= 11 is 2.74. The Hall–Kier alpha value is 0.440. The van der Waals surface area contributed by atoms with Crippen LogP contribution in [-0.2, 0) is 0 Å². The molecule has 0 nitrogen and oxygen atoms in total. The Morgan fingerprint density at radius 2 is 0.636 bits per heavy atom. The minimum absolute atomic E-state index is 2.66. The van der Waals surface area contributed by atoms with Crippen LogP contribution in [0.2, 0.25) is 0 Å². The van der Waals surface area contributed by atoms with Gasteiger partial charge in [-0.3, -0.25) is 0 Å². The standard InChI is InChI=1S/C6Cl2F12S2/c7-1(9,3(11,12)21-5(15,16)17)2(8,10)4(13,14)22-6(18,19)20. The summed E-state index contributed by atoms with van der Waals surface area (Å²) in [7, 11) is 0. The van der Waals surface area contributed by atoms with Crippen molar-refractivity contribution in [2.45, 2.75) is 31.8 Å². The van der Waals surface area contributed by atoms with Crippen molar-refractivity contribution >= 4 is 46.7 Å². The maximum atomic E-state index is 13.4. The summed E-state index contributed by atoms with van der Waals surface area (Å²) in [5.41, 5.74) is -12.0. The Morgan fingerprint density at radius 1 is 0.455 bits per heavy atom. The second-order valence-corrected chi connectivity index (χ2v) is 6.68. The van der Waals surface area contributed by atoms with Crippen LogP contribution >= 0.6 is 46.7 Å². The zero-order chi connectivity index (χ0) is 18.4. The zero-order valence-electron chi connectivity index (χ0n) is 9.11. The van der Waals surface area contributed by atoms with Crippen LogP contribution in [0.5, 0.6) is 0 Å². The second kappa shape index (κ2) is 6.06. The molecular weight excluding hydrogens is 435 g/mol. The van der Waals surface area contributed by atoms with E-state index in [4.69, 9.17) is 0 Å². The maximum absolute atomic E-state index is 13.4. The van der Waals surface area contributed by atoms with E-state index in [1.165, 1.54) is 0 Å². The van der Waals surface area contributed by atoms with Crippen molar-refractivity contribution in [1.29, 1.82) is 0 Å². The molecule has 0 amide bonds. The van der Waals surface area contributed by atoms with E-state index in [0.29, 0.717) is 0 Å². The molecule has 0 saturated carbocycles. The fourth-order valence-electron chi connectivity index (χ4n) is 0.784. The van der Waals surface area contributed by atoms with Crippen molar-refractivity contribution < 1.29 is 52.7 Å². The van der Waals surface area contributed by atoms with Gasteiger partial charge in [-0.2, -0.15) is 43.9 Å². The van der Waals surface area contributed by atoms with Gasteiger partial charge in [0.2, 0.25) is 0 Å². The van der Waals surface area contributed by atoms with Crippen molar-refractivity contribution in [3.8, 4) is 0 Å². The van der Waals surface area contributed by atoms with Gasteiger partial charge < -0.3 is 0 Å². The van der Waals surface area contributed by atoms with Gasteiger partial charge >= 0.3 is 31.8 Å². The third kappa shape index (κ3) is 4.97. The van der Waals surface area contributed by atoms with Gasteiger partial charge in [-0.05, 0) is 0 Å². The molecule has 134 valence electrons. The predicted octanol–water partition coefficient (Wildman–Crippen LogP) is 6.49. The van der Waals surface area contributed by atoms with E-state index >= 15 is 0 Å². The smallest absolute Gasteiger partial charge is 0.213 e. The van der Waals surface area contributed by atoms with E-state index in [-0.39, 0.29) is 0 Å². The maximum Gasteiger partial charge on any atom is 0.447 e. The quantitative estimate of drug-likeness (QED) is 0.358. The first-order chi connectivity index (χ1) is 9.16. The van der Waals surface area contributed by atoms with Crippen LogP contribution in [-0.4, -0.2) is 31.8 Å². The van der Waals surface area contributed by atoms with Gasteiger partial charge in [0, 0.05) is 23.5 Å². The largest absolute Gasteiger partial charge is 0.447 e. The van der Waals surface area contributed by atoms with Crippen molar-refractivity contribution in [2.75, 3.05) is 0 Å². The van der Waals surface area contributed by atoms with Crippen molar-refractivity contribution in [1.82, 2.24) is 0 Å². The molecule has 0 fully saturated rings. The highest BCUT2D eigenvalue weighted by molar-refractivity contribution is 8.01. The highest BCUT2D eigenvalue weighted by atomic mass is 35.5. The molecule has 0 aromatic heterocycles. The summed E-state index contributed by atoms with van der Waals surface area (Å²) in [6.45, 7) is 0. The molecule has 0 heterocycles. The van der Waals surface area contributed by atoms with E-state index in [2.05, 4.69) is 23.2 Å². The summed E-state index contributed by atoms with van der Waals surface area (Å²) in [5.74, 6) is 0. The lowest BCUT2D eigenvalue weighted by Gasteiger charge is -2.38. The van der Waals surface area contributed by atoms with Crippen molar-refractivity contribution in [3.05, 3.63) is 0 Å². The SMILES string of the molecule is FC(F)(F)SC(F)(F)C(F)(Cl)C(F)(Cl)C(F)(F)SC(F)(F)F. The summed E-state index contributed by atoms with van der Waals surface area (Å²) < 4.78 is 149. The van der Waals surface area contributed by atoms with Gasteiger partial charge in [-0.25, -0.2) is 8.78 Å². The molecule has 0 aliphatic heterocycles. The normalized spacial score (nSPS) is 20.5. The highest BCUT2D eigenvalue weighted by Gasteiger charge is 2.80. The van der Waals surface area contributed by atoms with Crippen molar-refractivity contribution in [3.63, 3.8) is 0 Å². The Kier molecular flexibility index (Phi) is 6.18. The molecule has 16 heteroatoms. The summed E-state index contributed by atoms with van der Waals surface area (Å²) in [6, 6.07) is 0. The minimum atomic E-state index is -6.18. The summed E-state index contributed by atoms with van der Waals surface area (Å²) in [4.78, 5) is 0. The fraction of sp³-hybridized carbons (Fsp3) is 1.00. The van der Waals surface area contributed by atoms with Crippen LogP contribution < -0.4 is 0 Å². The number of thioether (sulfide) groups is 2. The molecule has 0 N–H and O–H groups in total. The Bertz CT molecular complexity index is 361. The Labute approximate surface area is 131 Å². The first-order valence-electron chi connectivity index (χ1n) is 4.21. The lowest BCUT2D eigenvalue weighted by molar-refractivity contribution is -0.143. The average molecular weight is 435 g/mol. The van der Waals surface area contributed by atoms with E-state index in [1.54, 1.807) is 0 Å². The molecule has 0 rings (SSSR count). The molecule has 0 radical (unpaired) electrons. The Morgan fingerprint density at radius 3 is 0.773 bits per heavy atom. The highest BCUT2D eigenvalue weighted by Crippen LogP contribution is 2.64. The fourth-order valence-corrected chi connectivity index (χ4v) is 2.48. The predicted molar refractivity (Wildman–Crippen MR) is 56.6 cm³/mol. The van der Waals surface area contributed by atoms with Crippen LogP contribution in [0.25, 0.3) is 0 Å². The molecule has 0 spiro atoms. The zero-order valence-corrected chi connectivity index (χ0v) is 12.3. The number of hydrogen-bond acceptors (Lipinski definition) is 2. The van der Waals surface area contributed by atoms with Crippen LogP contribution in [0.4, 0.5) is 52.7 Å². The van der Waals surface area contributed by atoms with E-state index in [9.17, 15) is 52.7 Å². The third-order valence-electron chi connectivity index (χ3n) is 1.61. The molecule has 2 unspecified atom stereocenters. The molecule has 2 atom stereocenters. The van der Waals surface area contributed by atoms with Crippen LogP contribution in [0, 0.1) is 0 Å². The third-order valence-corrected chi connectivity index (χ3v) is 4.47. The molecule has 0 aliphatic rings. The molecule has 0 aromatic carbocycles. The Balaban J connectivity index is 5.74. The molecular formula is C6Cl2F12S2. The average Bonchev–Trinajstić information content (AvgIpc) is 2.08. The lowest BCUT2D eigenvalue weighted by atomic mass is 10.2. The second-order valence-electron chi connectivity index (χ2n) is 3.28. The molecule has 0 aliphatic carbocycles. The van der Waals surface area contributed by atoms with E-state index < -0.39 is 55.3 Å². The van der Waals surface area contributed by atoms with Gasteiger partial charge in [0.15, 0.2) is 0 Å². The van der Waals surface area contributed by atoms with Gasteiger partial charge in [0.05, 0.1) is 0 Å². The number of halogens is 14. The molecule has 0 aromatic rings. The van der Waals surface area contributed by atoms with E-state index in [1.807, 2.05) is 0 Å². The van der Waals surface area contributed by atoms with E-state index in [0.717, 1.165) is 0 Å². The first kappa shape index (κ1) is 22.4. The van der Waals surface area contributed by atoms with Crippen LogP contribution in [0.15, 0.2) is 0 Å². The van der Waals surface area contributed by atoms with Gasteiger partial charge in [-0.15, -0.1) is 0 Å². The lowest BCUT2D eigenvalue weighted by Crippen LogP contribution is -2.59. The number of hydrogen-bond donors (Lipinski definition) is 0. The first-order valence-corrected chi connectivity index (χ1v) is 6.60. The topological polar surface area (TPSA) is 0 Å². The van der Waals surface area contributed by atoms with Crippen molar-refractivity contribution in [2.24, 2.45) is 0 Å². The molecule has 0 saturated heterocycles. The molecule has 22 heavy (non-hydrogen) atoms. The van der Waals surface area contributed by atoms with Crippen LogP contribution in [0.3, 0.4) is 0 Å². The van der Waals surface area contributed by atoms with Gasteiger partial charge in [0.1, 0.15) is 0 Å². The van der Waals surface area contributed by atoms with Gasteiger partial charge in [0.25, 0.3) is 0 Å². The summed E-state index contributed by atoms with van der Waals surface area (Å²) in [6.07, 6.45) is 0. The number of alkyl halides is 14.